The van der Waals surface area contributed by atoms with Crippen molar-refractivity contribution in [3.8, 4) is 11.3 Å². The monoisotopic (exact) mass is 420 g/mol. The van der Waals surface area contributed by atoms with Gasteiger partial charge in [0.05, 0.1) is 10.6 Å². The van der Waals surface area contributed by atoms with Gasteiger partial charge in [-0.15, -0.1) is 0 Å². The molecule has 2 heterocycles. The Bertz CT molecular complexity index is 1130. The predicted octanol–water partition coefficient (Wildman–Crippen LogP) is 6.27. The van der Waals surface area contributed by atoms with Gasteiger partial charge in [0.25, 0.3) is 5.91 Å². The van der Waals surface area contributed by atoms with Crippen molar-refractivity contribution in [2.75, 3.05) is 6.54 Å². The largest absolute Gasteiger partial charge is 0.457 e. The summed E-state index contributed by atoms with van der Waals surface area (Å²) in [4.78, 5) is 19.9. The summed E-state index contributed by atoms with van der Waals surface area (Å²) >= 11 is 1.35. The number of amides is 1. The van der Waals surface area contributed by atoms with E-state index in [1.54, 1.807) is 29.2 Å². The number of carbonyl (C=O) groups excluding carboxylic acids is 1. The number of likely N-dealkylation sites (N-methyl/N-ethyl adjacent to an activating group) is 1. The van der Waals surface area contributed by atoms with Crippen LogP contribution < -0.4 is 0 Å². The zero-order chi connectivity index (χ0) is 21.1. The van der Waals surface area contributed by atoms with Crippen molar-refractivity contribution >= 4 is 34.6 Å². The average molecular weight is 421 g/mol. The van der Waals surface area contributed by atoms with Gasteiger partial charge in [0.1, 0.15) is 17.3 Å². The van der Waals surface area contributed by atoms with Crippen molar-refractivity contribution in [2.45, 2.75) is 20.3 Å². The zero-order valence-corrected chi connectivity index (χ0v) is 17.6. The maximum absolute atomic E-state index is 13.1. The number of carbonyl (C=O) groups is 1. The summed E-state index contributed by atoms with van der Waals surface area (Å²) < 4.78 is 19.0. The van der Waals surface area contributed by atoms with Crippen molar-refractivity contribution in [3.05, 3.63) is 82.7 Å². The molecule has 2 aromatic carbocycles. The van der Waals surface area contributed by atoms with Crippen LogP contribution in [0.1, 0.15) is 25.2 Å². The Labute approximate surface area is 179 Å². The van der Waals surface area contributed by atoms with E-state index in [0.717, 1.165) is 23.2 Å². The van der Waals surface area contributed by atoms with E-state index in [-0.39, 0.29) is 11.7 Å². The topological polar surface area (TPSA) is 45.8 Å². The van der Waals surface area contributed by atoms with Crippen LogP contribution in [0.4, 0.5) is 10.1 Å². The molecule has 1 fully saturated rings. The average Bonchev–Trinajstić information content (AvgIpc) is 3.34. The minimum atomic E-state index is -0.295. The molecule has 0 saturated carbocycles. The number of para-hydroxylation sites is 1. The molecule has 1 aromatic heterocycles. The zero-order valence-electron chi connectivity index (χ0n) is 16.8. The van der Waals surface area contributed by atoms with Gasteiger partial charge in [-0.1, -0.05) is 25.1 Å². The molecule has 0 bridgehead atoms. The molecule has 1 aliphatic rings. The van der Waals surface area contributed by atoms with Crippen LogP contribution in [0.5, 0.6) is 0 Å². The summed E-state index contributed by atoms with van der Waals surface area (Å²) in [6.07, 6.45) is 2.61. The highest BCUT2D eigenvalue weighted by molar-refractivity contribution is 8.18. The molecule has 4 nitrogen and oxygen atoms in total. The van der Waals surface area contributed by atoms with Gasteiger partial charge in [0, 0.05) is 18.2 Å². The number of hydrogen-bond acceptors (Lipinski definition) is 4. The Morgan fingerprint density at radius 2 is 1.83 bits per heavy atom. The van der Waals surface area contributed by atoms with Gasteiger partial charge >= 0.3 is 0 Å². The number of nitrogens with zero attached hydrogens (tertiary/aromatic N) is 2. The minimum absolute atomic E-state index is 0.0880. The first-order chi connectivity index (χ1) is 14.6. The lowest BCUT2D eigenvalue weighted by Crippen LogP contribution is -2.28. The highest BCUT2D eigenvalue weighted by atomic mass is 32.2. The number of amidine groups is 1. The highest BCUT2D eigenvalue weighted by Gasteiger charge is 2.32. The van der Waals surface area contributed by atoms with Crippen LogP contribution >= 0.6 is 11.8 Å². The lowest BCUT2D eigenvalue weighted by atomic mass is 10.1. The van der Waals surface area contributed by atoms with Gasteiger partial charge < -0.3 is 4.42 Å². The third-order valence-electron chi connectivity index (χ3n) is 4.82. The number of hydrogen-bond donors (Lipinski definition) is 0. The number of benzene rings is 2. The molecule has 30 heavy (non-hydrogen) atoms. The van der Waals surface area contributed by atoms with Crippen molar-refractivity contribution in [1.29, 1.82) is 0 Å². The molecule has 3 aromatic rings. The first-order valence-corrected chi connectivity index (χ1v) is 10.6. The van der Waals surface area contributed by atoms with Crippen molar-refractivity contribution in [3.63, 3.8) is 0 Å². The van der Waals surface area contributed by atoms with Crippen molar-refractivity contribution in [2.24, 2.45) is 4.99 Å². The molecular weight excluding hydrogens is 399 g/mol. The Balaban J connectivity index is 1.62. The van der Waals surface area contributed by atoms with Crippen LogP contribution in [0.25, 0.3) is 17.4 Å². The molecule has 0 N–H and O–H groups in total. The third-order valence-corrected chi connectivity index (χ3v) is 5.83. The van der Waals surface area contributed by atoms with E-state index in [4.69, 9.17) is 9.41 Å². The number of furan rings is 1. The van der Waals surface area contributed by atoms with Gasteiger partial charge in [-0.3, -0.25) is 9.69 Å². The molecule has 0 spiro atoms. The summed E-state index contributed by atoms with van der Waals surface area (Å²) in [5, 5.41) is 0.667. The molecule has 0 radical (unpaired) electrons. The molecule has 0 unspecified atom stereocenters. The quantitative estimate of drug-likeness (QED) is 0.457. The number of rotatable bonds is 5. The van der Waals surface area contributed by atoms with Crippen molar-refractivity contribution < 1.29 is 13.6 Å². The Morgan fingerprint density at radius 3 is 2.57 bits per heavy atom. The summed E-state index contributed by atoms with van der Waals surface area (Å²) in [6, 6.07) is 17.7. The molecule has 1 amide bonds. The number of halogens is 1. The second-order valence-electron chi connectivity index (χ2n) is 6.75. The fourth-order valence-corrected chi connectivity index (χ4v) is 4.26. The summed E-state index contributed by atoms with van der Waals surface area (Å²) in [6.45, 7) is 4.56. The number of aliphatic imine (C=N–C) groups is 1. The van der Waals surface area contributed by atoms with E-state index in [0.29, 0.717) is 28.1 Å². The molecule has 152 valence electrons. The third kappa shape index (κ3) is 4.09. The van der Waals surface area contributed by atoms with E-state index < -0.39 is 0 Å². The normalized spacial score (nSPS) is 16.8. The Kier molecular flexibility index (Phi) is 5.86. The van der Waals surface area contributed by atoms with Gasteiger partial charge in [0.15, 0.2) is 5.17 Å². The first kappa shape index (κ1) is 20.2. The Hall–Kier alpha value is -3.12. The molecule has 1 saturated heterocycles. The van der Waals surface area contributed by atoms with Crippen LogP contribution in [-0.2, 0) is 11.2 Å². The van der Waals surface area contributed by atoms with E-state index in [1.165, 1.54) is 23.9 Å². The minimum Gasteiger partial charge on any atom is -0.457 e. The molecule has 0 aliphatic carbocycles. The lowest BCUT2D eigenvalue weighted by molar-refractivity contribution is -0.122. The molecule has 1 aliphatic heterocycles. The number of aryl methyl sites for hydroxylation is 1. The SMILES string of the molecule is CCc1ccccc1N=C1S/C(=C/c2ccc(-c3ccc(F)cc3)o2)C(=O)N1CC. The standard InChI is InChI=1S/C24H21FN2O2S/c1-3-16-7-5-6-8-20(16)26-24-27(4-2)23(28)22(30-24)15-19-13-14-21(29-19)17-9-11-18(25)12-10-17/h5-15H,3-4H2,1-2H3/b22-15+,26-24?. The maximum atomic E-state index is 13.1. The maximum Gasteiger partial charge on any atom is 0.266 e. The lowest BCUT2D eigenvalue weighted by Gasteiger charge is -2.12. The molecule has 6 heteroatoms. The van der Waals surface area contributed by atoms with E-state index in [2.05, 4.69) is 6.92 Å². The molecular formula is C24H21FN2O2S. The van der Waals surface area contributed by atoms with Gasteiger partial charge in [-0.25, -0.2) is 9.38 Å². The van der Waals surface area contributed by atoms with Crippen LogP contribution in [0.2, 0.25) is 0 Å². The fourth-order valence-electron chi connectivity index (χ4n) is 3.22. The smallest absolute Gasteiger partial charge is 0.266 e. The van der Waals surface area contributed by atoms with E-state index in [1.807, 2.05) is 37.3 Å². The van der Waals surface area contributed by atoms with E-state index in [9.17, 15) is 9.18 Å². The van der Waals surface area contributed by atoms with Gasteiger partial charge in [0.2, 0.25) is 0 Å². The number of thioether (sulfide) groups is 1. The highest BCUT2D eigenvalue weighted by Crippen LogP contribution is 2.35. The van der Waals surface area contributed by atoms with Crippen LogP contribution in [0.15, 0.2) is 75.0 Å². The second-order valence-corrected chi connectivity index (χ2v) is 7.75. The Morgan fingerprint density at radius 1 is 1.07 bits per heavy atom. The summed E-state index contributed by atoms with van der Waals surface area (Å²) in [5.41, 5.74) is 2.80. The molecule has 4 rings (SSSR count). The van der Waals surface area contributed by atoms with Crippen LogP contribution in [-0.4, -0.2) is 22.5 Å². The first-order valence-electron chi connectivity index (χ1n) is 9.82. The second kappa shape index (κ2) is 8.71. The van der Waals surface area contributed by atoms with Crippen molar-refractivity contribution in [1.82, 2.24) is 4.90 Å². The van der Waals surface area contributed by atoms with Gasteiger partial charge in [-0.05, 0) is 73.1 Å². The van der Waals surface area contributed by atoms with Crippen LogP contribution in [0.3, 0.4) is 0 Å². The van der Waals surface area contributed by atoms with Crippen LogP contribution in [0, 0.1) is 5.82 Å². The predicted molar refractivity (Wildman–Crippen MR) is 120 cm³/mol. The summed E-state index contributed by atoms with van der Waals surface area (Å²) in [7, 11) is 0. The molecule has 0 atom stereocenters. The van der Waals surface area contributed by atoms with Gasteiger partial charge in [-0.2, -0.15) is 0 Å². The summed E-state index contributed by atoms with van der Waals surface area (Å²) in [5.74, 6) is 0.804. The van der Waals surface area contributed by atoms with E-state index >= 15 is 0 Å². The fraction of sp³-hybridized carbons (Fsp3) is 0.167.